The first-order valence-corrected chi connectivity index (χ1v) is 6.89. The van der Waals surface area contributed by atoms with Gasteiger partial charge in [-0.15, -0.1) is 0 Å². The van der Waals surface area contributed by atoms with Crippen LogP contribution in [0.25, 0.3) is 0 Å². The molecule has 1 heterocycles. The zero-order valence-corrected chi connectivity index (χ0v) is 12.7. The molecule has 5 nitrogen and oxygen atoms in total. The number of aromatic nitrogens is 1. The highest BCUT2D eigenvalue weighted by molar-refractivity contribution is 9.10. The highest BCUT2D eigenvalue weighted by Crippen LogP contribution is 2.23. The van der Waals surface area contributed by atoms with Gasteiger partial charge in [-0.1, -0.05) is 28.1 Å². The molecule has 1 aromatic carbocycles. The molecule has 6 heteroatoms. The molecule has 0 saturated heterocycles. The van der Waals surface area contributed by atoms with Crippen LogP contribution >= 0.6 is 15.9 Å². The third-order valence-electron chi connectivity index (χ3n) is 3.00. The van der Waals surface area contributed by atoms with Crippen LogP contribution in [0.2, 0.25) is 0 Å². The minimum Gasteiger partial charge on any atom is -0.363 e. The standard InChI is InChI=1S/C14H14BrN3O2/c1-9-7-13(18(19)20)8-16-14(9)17-10(2)11-3-5-12(15)6-4-11/h3-8,10H,1-2H3,(H,16,17). The molecule has 0 fully saturated rings. The van der Waals surface area contributed by atoms with Crippen molar-refractivity contribution in [3.05, 3.63) is 62.2 Å². The van der Waals surface area contributed by atoms with Crippen molar-refractivity contribution < 1.29 is 4.92 Å². The summed E-state index contributed by atoms with van der Waals surface area (Å²) in [4.78, 5) is 14.4. The van der Waals surface area contributed by atoms with E-state index in [0.29, 0.717) is 5.82 Å². The van der Waals surface area contributed by atoms with Crippen molar-refractivity contribution in [2.75, 3.05) is 5.32 Å². The monoisotopic (exact) mass is 335 g/mol. The number of nitro groups is 1. The molecule has 0 saturated carbocycles. The van der Waals surface area contributed by atoms with E-state index in [9.17, 15) is 10.1 Å². The highest BCUT2D eigenvalue weighted by Gasteiger charge is 2.12. The number of hydrogen-bond donors (Lipinski definition) is 1. The lowest BCUT2D eigenvalue weighted by Gasteiger charge is -2.16. The largest absolute Gasteiger partial charge is 0.363 e. The summed E-state index contributed by atoms with van der Waals surface area (Å²) >= 11 is 3.40. The summed E-state index contributed by atoms with van der Waals surface area (Å²) in [5.41, 5.74) is 1.88. The molecule has 1 atom stereocenters. The van der Waals surface area contributed by atoms with Crippen molar-refractivity contribution in [2.24, 2.45) is 0 Å². The molecule has 20 heavy (non-hydrogen) atoms. The van der Waals surface area contributed by atoms with Crippen LogP contribution in [0.1, 0.15) is 24.1 Å². The van der Waals surface area contributed by atoms with Gasteiger partial charge in [-0.25, -0.2) is 4.98 Å². The number of benzene rings is 1. The molecule has 2 aromatic rings. The number of nitrogens with zero attached hydrogens (tertiary/aromatic N) is 2. The quantitative estimate of drug-likeness (QED) is 0.670. The molecule has 1 unspecified atom stereocenters. The number of anilines is 1. The summed E-state index contributed by atoms with van der Waals surface area (Å²) in [6.07, 6.45) is 1.27. The summed E-state index contributed by atoms with van der Waals surface area (Å²) in [5, 5.41) is 13.9. The first kappa shape index (κ1) is 14.5. The van der Waals surface area contributed by atoms with Gasteiger partial charge < -0.3 is 5.32 Å². The summed E-state index contributed by atoms with van der Waals surface area (Å²) in [5.74, 6) is 0.658. The van der Waals surface area contributed by atoms with Gasteiger partial charge in [0.1, 0.15) is 12.0 Å². The fourth-order valence-electron chi connectivity index (χ4n) is 1.85. The van der Waals surface area contributed by atoms with Crippen molar-refractivity contribution in [3.8, 4) is 0 Å². The molecule has 1 N–H and O–H groups in total. The van der Waals surface area contributed by atoms with Gasteiger partial charge in [-0.2, -0.15) is 0 Å². The zero-order chi connectivity index (χ0) is 14.7. The van der Waals surface area contributed by atoms with Gasteiger partial charge in [0.25, 0.3) is 5.69 Å². The molecule has 0 spiro atoms. The van der Waals surface area contributed by atoms with E-state index in [-0.39, 0.29) is 11.7 Å². The number of hydrogen-bond acceptors (Lipinski definition) is 4. The predicted molar refractivity (Wildman–Crippen MR) is 81.8 cm³/mol. The molecule has 1 aromatic heterocycles. The summed E-state index contributed by atoms with van der Waals surface area (Å²) < 4.78 is 1.03. The van der Waals surface area contributed by atoms with Crippen molar-refractivity contribution in [1.29, 1.82) is 0 Å². The van der Waals surface area contributed by atoms with E-state index in [0.717, 1.165) is 15.6 Å². The van der Waals surface area contributed by atoms with Crippen LogP contribution in [-0.2, 0) is 0 Å². The first-order chi connectivity index (χ1) is 9.47. The maximum atomic E-state index is 10.7. The SMILES string of the molecule is Cc1cc([N+](=O)[O-])cnc1NC(C)c1ccc(Br)cc1. The van der Waals surface area contributed by atoms with Crippen LogP contribution in [0.5, 0.6) is 0 Å². The zero-order valence-electron chi connectivity index (χ0n) is 11.1. The Hall–Kier alpha value is -1.95. The summed E-state index contributed by atoms with van der Waals surface area (Å²) in [7, 11) is 0. The Morgan fingerprint density at radius 2 is 2.00 bits per heavy atom. The molecule has 104 valence electrons. The van der Waals surface area contributed by atoms with Crippen LogP contribution in [0, 0.1) is 17.0 Å². The van der Waals surface area contributed by atoms with Crippen LogP contribution in [0.4, 0.5) is 11.5 Å². The number of nitrogens with one attached hydrogen (secondary N) is 1. The van der Waals surface area contributed by atoms with Crippen molar-refractivity contribution in [2.45, 2.75) is 19.9 Å². The van der Waals surface area contributed by atoms with E-state index in [1.165, 1.54) is 12.3 Å². The van der Waals surface area contributed by atoms with E-state index in [4.69, 9.17) is 0 Å². The van der Waals surface area contributed by atoms with E-state index < -0.39 is 4.92 Å². The van der Waals surface area contributed by atoms with Crippen molar-refractivity contribution in [1.82, 2.24) is 4.98 Å². The van der Waals surface area contributed by atoms with Crippen LogP contribution in [0.3, 0.4) is 0 Å². The Bertz CT molecular complexity index is 629. The second-order valence-corrected chi connectivity index (χ2v) is 5.45. The highest BCUT2D eigenvalue weighted by atomic mass is 79.9. The lowest BCUT2D eigenvalue weighted by atomic mass is 10.1. The van der Waals surface area contributed by atoms with Crippen LogP contribution in [0.15, 0.2) is 41.0 Å². The van der Waals surface area contributed by atoms with Crippen molar-refractivity contribution >= 4 is 27.4 Å². The van der Waals surface area contributed by atoms with E-state index >= 15 is 0 Å². The van der Waals surface area contributed by atoms with Gasteiger partial charge in [-0.3, -0.25) is 10.1 Å². The van der Waals surface area contributed by atoms with Crippen molar-refractivity contribution in [3.63, 3.8) is 0 Å². The van der Waals surface area contributed by atoms with Gasteiger partial charge in [0.2, 0.25) is 0 Å². The fraction of sp³-hybridized carbons (Fsp3) is 0.214. The average Bonchev–Trinajstić information content (AvgIpc) is 2.41. The number of aryl methyl sites for hydroxylation is 1. The second kappa shape index (κ2) is 6.00. The van der Waals surface area contributed by atoms with Gasteiger partial charge in [0.05, 0.1) is 4.92 Å². The van der Waals surface area contributed by atoms with Crippen LogP contribution in [-0.4, -0.2) is 9.91 Å². The Kier molecular flexibility index (Phi) is 4.34. The number of rotatable bonds is 4. The normalized spacial score (nSPS) is 11.9. The van der Waals surface area contributed by atoms with Gasteiger partial charge >= 0.3 is 0 Å². The van der Waals surface area contributed by atoms with Gasteiger partial charge in [0, 0.05) is 16.6 Å². The maximum absolute atomic E-state index is 10.7. The Morgan fingerprint density at radius 3 is 2.55 bits per heavy atom. The Morgan fingerprint density at radius 1 is 1.35 bits per heavy atom. The molecule has 0 radical (unpaired) electrons. The minimum atomic E-state index is -0.443. The first-order valence-electron chi connectivity index (χ1n) is 6.10. The summed E-state index contributed by atoms with van der Waals surface area (Å²) in [6.45, 7) is 3.82. The fourth-order valence-corrected chi connectivity index (χ4v) is 2.12. The topological polar surface area (TPSA) is 68.1 Å². The number of halogens is 1. The second-order valence-electron chi connectivity index (χ2n) is 4.53. The summed E-state index contributed by atoms with van der Waals surface area (Å²) in [6, 6.07) is 9.57. The smallest absolute Gasteiger partial charge is 0.287 e. The molecule has 0 bridgehead atoms. The van der Waals surface area contributed by atoms with E-state index in [2.05, 4.69) is 26.2 Å². The molecular weight excluding hydrogens is 322 g/mol. The van der Waals surface area contributed by atoms with Crippen LogP contribution < -0.4 is 5.32 Å². The Balaban J connectivity index is 2.17. The predicted octanol–water partition coefficient (Wildman–Crippen LogP) is 4.23. The van der Waals surface area contributed by atoms with E-state index in [1.807, 2.05) is 31.2 Å². The third kappa shape index (κ3) is 3.33. The lowest BCUT2D eigenvalue weighted by Crippen LogP contribution is -2.09. The Labute approximate surface area is 125 Å². The van der Waals surface area contributed by atoms with Gasteiger partial charge in [0.15, 0.2) is 0 Å². The molecule has 0 aliphatic carbocycles. The molecular formula is C14H14BrN3O2. The molecule has 0 aliphatic rings. The number of pyridine rings is 1. The maximum Gasteiger partial charge on any atom is 0.287 e. The average molecular weight is 336 g/mol. The lowest BCUT2D eigenvalue weighted by molar-refractivity contribution is -0.385. The minimum absolute atomic E-state index is 0.00402. The molecule has 0 aliphatic heterocycles. The molecule has 0 amide bonds. The van der Waals surface area contributed by atoms with Gasteiger partial charge in [-0.05, 0) is 37.1 Å². The van der Waals surface area contributed by atoms with E-state index in [1.54, 1.807) is 6.92 Å². The molecule has 2 rings (SSSR count). The third-order valence-corrected chi connectivity index (χ3v) is 3.53.